The Bertz CT molecular complexity index is 1260. The molecule has 0 radical (unpaired) electrons. The van der Waals surface area contributed by atoms with Crippen molar-refractivity contribution in [2.24, 2.45) is 0 Å². The van der Waals surface area contributed by atoms with Crippen molar-refractivity contribution in [2.75, 3.05) is 12.4 Å². The molecule has 0 saturated carbocycles. The number of carbonyl (C=O) groups is 2. The zero-order valence-electron chi connectivity index (χ0n) is 19.5. The Hall–Kier alpha value is -3.83. The predicted octanol–water partition coefficient (Wildman–Crippen LogP) is 3.80. The number of ether oxygens (including phenoxy) is 1. The molecule has 4 rings (SSSR count). The van der Waals surface area contributed by atoms with Gasteiger partial charge in [0.25, 0.3) is 5.91 Å². The fraction of sp³-hybridized carbons (Fsp3) is 0.292. The lowest BCUT2D eigenvalue weighted by Crippen LogP contribution is -2.23. The number of aryl methyl sites for hydroxylation is 2. The van der Waals surface area contributed by atoms with Crippen LogP contribution >= 0.6 is 11.3 Å². The number of hydrogen-bond acceptors (Lipinski definition) is 8. The second kappa shape index (κ2) is 11.5. The van der Waals surface area contributed by atoms with Crippen molar-refractivity contribution in [1.82, 2.24) is 25.1 Å². The number of benzene rings is 1. The molecular weight excluding hydrogens is 468 g/mol. The number of nitrogens with one attached hydrogen (secondary N) is 2. The molecule has 0 saturated heterocycles. The summed E-state index contributed by atoms with van der Waals surface area (Å²) in [5.41, 5.74) is 2.11. The fourth-order valence-electron chi connectivity index (χ4n) is 3.34. The Balaban J connectivity index is 1.29. The van der Waals surface area contributed by atoms with Crippen LogP contribution in [0.5, 0.6) is 0 Å². The van der Waals surface area contributed by atoms with Crippen molar-refractivity contribution >= 4 is 28.8 Å². The number of aromatic nitrogens is 4. The fourth-order valence-corrected chi connectivity index (χ4v) is 4.22. The zero-order chi connectivity index (χ0) is 24.6. The summed E-state index contributed by atoms with van der Waals surface area (Å²) in [6, 6.07) is 10.9. The van der Waals surface area contributed by atoms with E-state index >= 15 is 0 Å². The predicted molar refractivity (Wildman–Crippen MR) is 131 cm³/mol. The molecule has 3 heterocycles. The summed E-state index contributed by atoms with van der Waals surface area (Å²) in [6.07, 6.45) is 4.15. The third-order valence-electron chi connectivity index (χ3n) is 5.17. The van der Waals surface area contributed by atoms with Gasteiger partial charge in [-0.3, -0.25) is 14.3 Å². The average molecular weight is 495 g/mol. The van der Waals surface area contributed by atoms with Crippen LogP contribution in [0.1, 0.15) is 38.8 Å². The first-order valence-corrected chi connectivity index (χ1v) is 11.9. The van der Waals surface area contributed by atoms with Gasteiger partial charge in [0.15, 0.2) is 0 Å². The van der Waals surface area contributed by atoms with Crippen LogP contribution < -0.4 is 10.6 Å². The Morgan fingerprint density at radius 1 is 1.17 bits per heavy atom. The molecule has 10 nitrogen and oxygen atoms in total. The Morgan fingerprint density at radius 3 is 2.74 bits per heavy atom. The molecule has 1 aromatic carbocycles. The highest BCUT2D eigenvalue weighted by Crippen LogP contribution is 2.24. The average Bonchev–Trinajstić information content (AvgIpc) is 3.60. The lowest BCUT2D eigenvalue weighted by atomic mass is 10.2. The number of carbonyl (C=O) groups excluding carboxylic acids is 2. The summed E-state index contributed by atoms with van der Waals surface area (Å²) in [6.45, 7) is 3.23. The molecule has 0 bridgehead atoms. The van der Waals surface area contributed by atoms with Crippen molar-refractivity contribution in [2.45, 2.75) is 39.5 Å². The molecule has 0 spiro atoms. The molecule has 35 heavy (non-hydrogen) atoms. The van der Waals surface area contributed by atoms with Crippen LogP contribution in [-0.2, 0) is 29.2 Å². The van der Waals surface area contributed by atoms with E-state index in [1.807, 2.05) is 25.1 Å². The summed E-state index contributed by atoms with van der Waals surface area (Å²) >= 11 is 1.40. The maximum atomic E-state index is 12.5. The van der Waals surface area contributed by atoms with Gasteiger partial charge >= 0.3 is 0 Å². The van der Waals surface area contributed by atoms with Crippen molar-refractivity contribution < 1.29 is 18.7 Å². The SMILES string of the molecule is COCc1ccc(C(=O)Nc2ccc(-c3nc(CNC(=O)CCCn4cncn4)c(C)o3)cc2)s1. The maximum Gasteiger partial charge on any atom is 0.265 e. The second-order valence-electron chi connectivity index (χ2n) is 7.79. The molecule has 11 heteroatoms. The molecule has 0 fully saturated rings. The van der Waals surface area contributed by atoms with Crippen molar-refractivity contribution in [3.63, 3.8) is 0 Å². The van der Waals surface area contributed by atoms with E-state index in [0.717, 1.165) is 10.4 Å². The minimum atomic E-state index is -0.170. The highest BCUT2D eigenvalue weighted by atomic mass is 32.1. The number of rotatable bonds is 11. The van der Waals surface area contributed by atoms with Gasteiger partial charge in [0.1, 0.15) is 24.1 Å². The van der Waals surface area contributed by atoms with Crippen LogP contribution in [-0.4, -0.2) is 38.7 Å². The molecule has 0 atom stereocenters. The van der Waals surface area contributed by atoms with E-state index in [1.54, 1.807) is 36.3 Å². The molecule has 0 unspecified atom stereocenters. The zero-order valence-corrected chi connectivity index (χ0v) is 20.3. The van der Waals surface area contributed by atoms with E-state index in [4.69, 9.17) is 9.15 Å². The van der Waals surface area contributed by atoms with E-state index < -0.39 is 0 Å². The molecule has 2 amide bonds. The van der Waals surface area contributed by atoms with E-state index in [2.05, 4.69) is 25.7 Å². The lowest BCUT2D eigenvalue weighted by molar-refractivity contribution is -0.121. The molecule has 2 N–H and O–H groups in total. The van der Waals surface area contributed by atoms with Crippen LogP contribution in [0, 0.1) is 6.92 Å². The van der Waals surface area contributed by atoms with Crippen LogP contribution in [0.15, 0.2) is 53.5 Å². The largest absolute Gasteiger partial charge is 0.441 e. The standard InChI is InChI=1S/C24H26N6O4S/c1-16-20(12-26-22(31)4-3-11-30-15-25-14-27-30)29-24(34-16)17-5-7-18(8-6-17)28-23(32)21-10-9-19(35-21)13-33-2/h5-10,14-15H,3-4,11-13H2,1-2H3,(H,26,31)(H,28,32). The number of methoxy groups -OCH3 is 1. The van der Waals surface area contributed by atoms with Gasteiger partial charge in [0.05, 0.1) is 18.0 Å². The minimum Gasteiger partial charge on any atom is -0.441 e. The summed E-state index contributed by atoms with van der Waals surface area (Å²) in [4.78, 5) is 34.6. The van der Waals surface area contributed by atoms with Gasteiger partial charge in [-0.1, -0.05) is 0 Å². The number of nitrogens with zero attached hydrogens (tertiary/aromatic N) is 4. The molecule has 4 aromatic rings. The Kier molecular flexibility index (Phi) is 8.01. The quantitative estimate of drug-likeness (QED) is 0.325. The maximum absolute atomic E-state index is 12.5. The van der Waals surface area contributed by atoms with Crippen LogP contribution in [0.4, 0.5) is 5.69 Å². The minimum absolute atomic E-state index is 0.0609. The van der Waals surface area contributed by atoms with Crippen LogP contribution in [0.3, 0.4) is 0 Å². The topological polar surface area (TPSA) is 124 Å². The van der Waals surface area contributed by atoms with Crippen molar-refractivity contribution in [3.05, 3.63) is 70.3 Å². The van der Waals surface area contributed by atoms with Gasteiger partial charge in [0, 0.05) is 36.2 Å². The first-order chi connectivity index (χ1) is 17.0. The molecular formula is C24H26N6O4S. The summed E-state index contributed by atoms with van der Waals surface area (Å²) in [7, 11) is 1.62. The molecule has 3 aromatic heterocycles. The molecule has 0 aliphatic rings. The first kappa shape index (κ1) is 24.3. The molecule has 0 aliphatic heterocycles. The van der Waals surface area contributed by atoms with Gasteiger partial charge in [-0.15, -0.1) is 11.3 Å². The van der Waals surface area contributed by atoms with Crippen LogP contribution in [0.25, 0.3) is 11.5 Å². The van der Waals surface area contributed by atoms with E-state index in [9.17, 15) is 9.59 Å². The third kappa shape index (κ3) is 6.61. The van der Waals surface area contributed by atoms with E-state index in [-0.39, 0.29) is 18.4 Å². The summed E-state index contributed by atoms with van der Waals surface area (Å²) in [5.74, 6) is 0.869. The van der Waals surface area contributed by atoms with Gasteiger partial charge in [-0.05, 0) is 49.7 Å². The van der Waals surface area contributed by atoms with E-state index in [0.29, 0.717) is 53.9 Å². The third-order valence-corrected chi connectivity index (χ3v) is 6.22. The van der Waals surface area contributed by atoms with Crippen molar-refractivity contribution in [1.29, 1.82) is 0 Å². The van der Waals surface area contributed by atoms with E-state index in [1.165, 1.54) is 17.7 Å². The van der Waals surface area contributed by atoms with Crippen LogP contribution in [0.2, 0.25) is 0 Å². The number of amides is 2. The number of oxazole rings is 1. The van der Waals surface area contributed by atoms with Gasteiger partial charge < -0.3 is 19.8 Å². The smallest absolute Gasteiger partial charge is 0.265 e. The number of thiophene rings is 1. The van der Waals surface area contributed by atoms with Crippen molar-refractivity contribution in [3.8, 4) is 11.5 Å². The van der Waals surface area contributed by atoms with Gasteiger partial charge in [-0.2, -0.15) is 5.10 Å². The highest BCUT2D eigenvalue weighted by molar-refractivity contribution is 7.14. The molecule has 0 aliphatic carbocycles. The molecule has 182 valence electrons. The number of hydrogen-bond donors (Lipinski definition) is 2. The summed E-state index contributed by atoms with van der Waals surface area (Å²) < 4.78 is 12.6. The van der Waals surface area contributed by atoms with Gasteiger partial charge in [0.2, 0.25) is 11.8 Å². The highest BCUT2D eigenvalue weighted by Gasteiger charge is 2.14. The van der Waals surface area contributed by atoms with Gasteiger partial charge in [-0.25, -0.2) is 9.97 Å². The second-order valence-corrected chi connectivity index (χ2v) is 8.96. The lowest BCUT2D eigenvalue weighted by Gasteiger charge is -2.04. The Morgan fingerprint density at radius 2 is 2.00 bits per heavy atom. The summed E-state index contributed by atoms with van der Waals surface area (Å²) in [5, 5.41) is 9.79. The monoisotopic (exact) mass is 494 g/mol. The normalized spacial score (nSPS) is 10.9. The Labute approximate surface area is 206 Å². The first-order valence-electron chi connectivity index (χ1n) is 11.1. The number of anilines is 1.